The summed E-state index contributed by atoms with van der Waals surface area (Å²) in [4.78, 5) is 30.7. The van der Waals surface area contributed by atoms with E-state index in [1.165, 1.54) is 0 Å². The molecule has 1 aliphatic carbocycles. The van der Waals surface area contributed by atoms with E-state index >= 15 is 0 Å². The number of Topliss-reactive ketones (excluding diaryl/α,β-unsaturated/α-hetero) is 1. The summed E-state index contributed by atoms with van der Waals surface area (Å²) in [5.41, 5.74) is 2.89. The second-order valence-electron chi connectivity index (χ2n) is 7.73. The Morgan fingerprint density at radius 2 is 1.77 bits per heavy atom. The molecule has 0 spiro atoms. The number of fused-ring (bicyclic) bond motifs is 1. The van der Waals surface area contributed by atoms with E-state index in [0.29, 0.717) is 17.7 Å². The highest BCUT2D eigenvalue weighted by atomic mass is 79.9. The first-order valence-electron chi connectivity index (χ1n) is 10.5. The zero-order valence-electron chi connectivity index (χ0n) is 17.3. The molecule has 2 aromatic rings. The van der Waals surface area contributed by atoms with Crippen molar-refractivity contribution in [2.24, 2.45) is 10.9 Å². The topological polar surface area (TPSA) is 65.0 Å². The van der Waals surface area contributed by atoms with Gasteiger partial charge in [0.05, 0.1) is 11.5 Å². The highest BCUT2D eigenvalue weighted by Gasteiger charge is 2.43. The van der Waals surface area contributed by atoms with Crippen molar-refractivity contribution in [1.29, 1.82) is 0 Å². The van der Waals surface area contributed by atoms with Gasteiger partial charge in [-0.25, -0.2) is 4.79 Å². The molecule has 0 bridgehead atoms. The second-order valence-corrected chi connectivity index (χ2v) is 8.64. The lowest BCUT2D eigenvalue weighted by Gasteiger charge is -2.35. The highest BCUT2D eigenvalue weighted by molar-refractivity contribution is 9.10. The molecule has 6 heteroatoms. The van der Waals surface area contributed by atoms with Crippen LogP contribution in [0.15, 0.2) is 75.3 Å². The Morgan fingerprint density at radius 3 is 2.52 bits per heavy atom. The number of nitrogens with zero attached hydrogens (tertiary/aromatic N) is 1. The zero-order chi connectivity index (χ0) is 21.8. The number of para-hydroxylation sites is 1. The summed E-state index contributed by atoms with van der Waals surface area (Å²) < 4.78 is 12.1. The molecular weight excluding hydrogens is 458 g/mol. The van der Waals surface area contributed by atoms with Crippen LogP contribution < -0.4 is 4.74 Å². The van der Waals surface area contributed by atoms with Crippen LogP contribution in [0.4, 0.5) is 0 Å². The van der Waals surface area contributed by atoms with E-state index in [4.69, 9.17) is 9.47 Å². The van der Waals surface area contributed by atoms with Crippen LogP contribution in [-0.2, 0) is 14.3 Å². The molecule has 4 rings (SSSR count). The summed E-state index contributed by atoms with van der Waals surface area (Å²) in [5.74, 6) is -0.356. The highest BCUT2D eigenvalue weighted by Crippen LogP contribution is 2.43. The molecule has 0 N–H and O–H groups in total. The predicted octanol–water partition coefficient (Wildman–Crippen LogP) is 5.25. The third kappa shape index (κ3) is 4.79. The van der Waals surface area contributed by atoms with E-state index in [1.807, 2.05) is 61.5 Å². The lowest BCUT2D eigenvalue weighted by molar-refractivity contribution is -0.140. The maximum absolute atomic E-state index is 13.1. The summed E-state index contributed by atoms with van der Waals surface area (Å²) in [6.45, 7) is 2.19. The van der Waals surface area contributed by atoms with Crippen LogP contribution in [0.2, 0.25) is 0 Å². The van der Waals surface area contributed by atoms with Crippen molar-refractivity contribution >= 4 is 33.4 Å². The zero-order valence-corrected chi connectivity index (χ0v) is 18.9. The molecule has 0 aromatic heterocycles. The van der Waals surface area contributed by atoms with Crippen LogP contribution in [-0.4, -0.2) is 30.7 Å². The van der Waals surface area contributed by atoms with Gasteiger partial charge in [0.15, 0.2) is 0 Å². The maximum atomic E-state index is 13.1. The summed E-state index contributed by atoms with van der Waals surface area (Å²) in [5, 5.41) is 0. The SMILES string of the molecule is CC1=C(C(=O)OCCOc2ccccc2)C(c2ccc(Br)cc2)C2C(=O)CCCC2=N1. The fraction of sp³-hybridized carbons (Fsp3) is 0.320. The van der Waals surface area contributed by atoms with Crippen molar-refractivity contribution in [3.63, 3.8) is 0 Å². The number of ketones is 1. The smallest absolute Gasteiger partial charge is 0.336 e. The summed E-state index contributed by atoms with van der Waals surface area (Å²) in [6.07, 6.45) is 2.11. The molecule has 0 saturated heterocycles. The van der Waals surface area contributed by atoms with E-state index < -0.39 is 11.9 Å². The molecule has 1 aliphatic heterocycles. The average Bonchev–Trinajstić information content (AvgIpc) is 2.77. The van der Waals surface area contributed by atoms with Crippen molar-refractivity contribution in [2.45, 2.75) is 32.1 Å². The fourth-order valence-electron chi connectivity index (χ4n) is 4.30. The van der Waals surface area contributed by atoms with Crippen molar-refractivity contribution in [3.05, 3.63) is 75.9 Å². The Kier molecular flexibility index (Phi) is 6.66. The largest absolute Gasteiger partial charge is 0.490 e. The molecular formula is C25H24BrNO4. The minimum Gasteiger partial charge on any atom is -0.490 e. The van der Waals surface area contributed by atoms with Gasteiger partial charge < -0.3 is 9.47 Å². The molecule has 2 atom stereocenters. The van der Waals surface area contributed by atoms with Gasteiger partial charge in [0.1, 0.15) is 24.7 Å². The fourth-order valence-corrected chi connectivity index (χ4v) is 4.57. The normalized spacial score (nSPS) is 20.7. The number of carbonyl (C=O) groups excluding carboxylic acids is 2. The van der Waals surface area contributed by atoms with E-state index in [-0.39, 0.29) is 24.9 Å². The number of esters is 1. The minimum absolute atomic E-state index is 0.118. The maximum Gasteiger partial charge on any atom is 0.336 e. The Hall–Kier alpha value is -2.73. The first kappa shape index (κ1) is 21.5. The molecule has 0 amide bonds. The van der Waals surface area contributed by atoms with E-state index in [2.05, 4.69) is 20.9 Å². The first-order chi connectivity index (χ1) is 15.0. The molecule has 2 aliphatic rings. The van der Waals surface area contributed by atoms with Gasteiger partial charge in [-0.2, -0.15) is 0 Å². The predicted molar refractivity (Wildman–Crippen MR) is 122 cm³/mol. The number of rotatable bonds is 6. The Morgan fingerprint density at radius 1 is 1.03 bits per heavy atom. The number of benzene rings is 2. The molecule has 1 heterocycles. The van der Waals surface area contributed by atoms with E-state index in [9.17, 15) is 9.59 Å². The molecule has 160 valence electrons. The van der Waals surface area contributed by atoms with Crippen LogP contribution >= 0.6 is 15.9 Å². The van der Waals surface area contributed by atoms with Crippen LogP contribution in [0.3, 0.4) is 0 Å². The number of allylic oxidation sites excluding steroid dienone is 1. The summed E-state index contributed by atoms with van der Waals surface area (Å²) in [7, 11) is 0. The molecule has 2 unspecified atom stereocenters. The van der Waals surface area contributed by atoms with Gasteiger partial charge in [-0.05, 0) is 49.6 Å². The molecule has 31 heavy (non-hydrogen) atoms. The lowest BCUT2D eigenvalue weighted by atomic mass is 9.69. The third-order valence-corrected chi connectivity index (χ3v) is 6.21. The second kappa shape index (κ2) is 9.60. The van der Waals surface area contributed by atoms with Crippen molar-refractivity contribution in [2.75, 3.05) is 13.2 Å². The van der Waals surface area contributed by atoms with Gasteiger partial charge in [-0.15, -0.1) is 0 Å². The van der Waals surface area contributed by atoms with Gasteiger partial charge >= 0.3 is 5.97 Å². The van der Waals surface area contributed by atoms with Crippen molar-refractivity contribution < 1.29 is 19.1 Å². The van der Waals surface area contributed by atoms with Gasteiger partial charge in [0.2, 0.25) is 0 Å². The van der Waals surface area contributed by atoms with E-state index in [1.54, 1.807) is 0 Å². The van der Waals surface area contributed by atoms with Gasteiger partial charge in [-0.3, -0.25) is 9.79 Å². The monoisotopic (exact) mass is 481 g/mol. The lowest BCUT2D eigenvalue weighted by Crippen LogP contribution is -2.39. The molecule has 2 aromatic carbocycles. The van der Waals surface area contributed by atoms with E-state index in [0.717, 1.165) is 34.3 Å². The summed E-state index contributed by atoms with van der Waals surface area (Å²) in [6, 6.07) is 17.2. The molecule has 0 radical (unpaired) electrons. The third-order valence-electron chi connectivity index (χ3n) is 5.68. The molecule has 1 saturated carbocycles. The number of hydrogen-bond acceptors (Lipinski definition) is 5. The Labute approximate surface area is 190 Å². The Bertz CT molecular complexity index is 1030. The van der Waals surface area contributed by atoms with Gasteiger partial charge in [0.25, 0.3) is 0 Å². The molecule has 1 fully saturated rings. The van der Waals surface area contributed by atoms with Gasteiger partial charge in [0, 0.05) is 28.2 Å². The first-order valence-corrected chi connectivity index (χ1v) is 11.3. The number of ether oxygens (including phenoxy) is 2. The standard InChI is InChI=1S/C25H24BrNO4/c1-16-22(25(29)31-15-14-30-19-6-3-2-4-7-19)23(17-10-12-18(26)13-11-17)24-20(27-16)8-5-9-21(24)28/h2-4,6-7,10-13,23-24H,5,8-9,14-15H2,1H3. The minimum atomic E-state index is -0.441. The van der Waals surface area contributed by atoms with Crippen LogP contribution in [0.25, 0.3) is 0 Å². The number of hydrogen-bond donors (Lipinski definition) is 0. The molecule has 5 nitrogen and oxygen atoms in total. The quantitative estimate of drug-likeness (QED) is 0.417. The van der Waals surface area contributed by atoms with Crippen molar-refractivity contribution in [3.8, 4) is 5.75 Å². The number of aliphatic imine (C=N–C) groups is 1. The van der Waals surface area contributed by atoms with Crippen LogP contribution in [0.5, 0.6) is 5.75 Å². The number of halogens is 1. The Balaban J connectivity index is 1.56. The van der Waals surface area contributed by atoms with Crippen LogP contribution in [0, 0.1) is 5.92 Å². The van der Waals surface area contributed by atoms with Crippen molar-refractivity contribution in [1.82, 2.24) is 0 Å². The van der Waals surface area contributed by atoms with Gasteiger partial charge in [-0.1, -0.05) is 46.3 Å². The van der Waals surface area contributed by atoms with Crippen LogP contribution in [0.1, 0.15) is 37.7 Å². The summed E-state index contributed by atoms with van der Waals surface area (Å²) >= 11 is 3.46. The number of carbonyl (C=O) groups is 2. The average molecular weight is 482 g/mol.